The average Bonchev–Trinajstić information content (AvgIpc) is 3.10. The smallest absolute Gasteiger partial charge is 0.253 e. The van der Waals surface area contributed by atoms with E-state index >= 15 is 0 Å². The molecule has 3 fully saturated rings. The first-order chi connectivity index (χ1) is 9.22. The zero-order valence-corrected chi connectivity index (χ0v) is 10.8. The Morgan fingerprint density at radius 1 is 1.21 bits per heavy atom. The second-order valence-electron chi connectivity index (χ2n) is 5.95. The molecule has 2 N–H and O–H groups in total. The van der Waals surface area contributed by atoms with Crippen molar-refractivity contribution in [1.82, 2.24) is 4.90 Å². The van der Waals surface area contributed by atoms with Crippen LogP contribution in [-0.4, -0.2) is 36.1 Å². The molecule has 0 radical (unpaired) electrons. The summed E-state index contributed by atoms with van der Waals surface area (Å²) in [7, 11) is 0. The third-order valence-electron chi connectivity index (χ3n) is 4.87. The van der Waals surface area contributed by atoms with Crippen LogP contribution in [0.1, 0.15) is 23.2 Å². The van der Waals surface area contributed by atoms with Crippen LogP contribution in [0, 0.1) is 11.8 Å². The van der Waals surface area contributed by atoms with Crippen LogP contribution in [0.5, 0.6) is 0 Å². The number of fused-ring (bicyclic) bond motifs is 5. The number of amides is 1. The van der Waals surface area contributed by atoms with Crippen molar-refractivity contribution in [3.05, 3.63) is 29.8 Å². The van der Waals surface area contributed by atoms with E-state index in [1.54, 1.807) is 6.07 Å². The number of carbonyl (C=O) groups is 1. The van der Waals surface area contributed by atoms with Gasteiger partial charge in [-0.3, -0.25) is 4.79 Å². The molecule has 4 rings (SSSR count). The molecule has 4 nitrogen and oxygen atoms in total. The lowest BCUT2D eigenvalue weighted by Crippen LogP contribution is -2.31. The molecule has 0 aliphatic carbocycles. The molecule has 2 bridgehead atoms. The summed E-state index contributed by atoms with van der Waals surface area (Å²) in [5.41, 5.74) is 7.10. The molecule has 3 saturated heterocycles. The van der Waals surface area contributed by atoms with Gasteiger partial charge in [-0.1, -0.05) is 6.07 Å². The van der Waals surface area contributed by atoms with Gasteiger partial charge in [0.1, 0.15) is 0 Å². The van der Waals surface area contributed by atoms with Crippen molar-refractivity contribution in [2.24, 2.45) is 11.8 Å². The van der Waals surface area contributed by atoms with Crippen molar-refractivity contribution in [2.75, 3.05) is 18.8 Å². The minimum Gasteiger partial charge on any atom is -0.399 e. The van der Waals surface area contributed by atoms with Crippen molar-refractivity contribution >= 4 is 11.6 Å². The fourth-order valence-electron chi connectivity index (χ4n) is 3.98. The highest BCUT2D eigenvalue weighted by molar-refractivity contribution is 5.95. The van der Waals surface area contributed by atoms with Crippen LogP contribution >= 0.6 is 0 Å². The number of benzene rings is 1. The number of nitrogens with two attached hydrogens (primary N) is 1. The highest BCUT2D eigenvalue weighted by Crippen LogP contribution is 2.47. The second kappa shape index (κ2) is 3.97. The summed E-state index contributed by atoms with van der Waals surface area (Å²) in [4.78, 5) is 14.5. The van der Waals surface area contributed by atoms with Crippen molar-refractivity contribution in [1.29, 1.82) is 0 Å². The molecular formula is C15H18N2O2. The fourth-order valence-corrected chi connectivity index (χ4v) is 3.98. The maximum atomic E-state index is 12.5. The summed E-state index contributed by atoms with van der Waals surface area (Å²) in [6.07, 6.45) is 3.14. The predicted molar refractivity (Wildman–Crippen MR) is 71.6 cm³/mol. The zero-order valence-electron chi connectivity index (χ0n) is 10.8. The number of carbonyl (C=O) groups excluding carboxylic acids is 1. The molecule has 3 aliphatic rings. The molecule has 19 heavy (non-hydrogen) atoms. The van der Waals surface area contributed by atoms with Gasteiger partial charge in [-0.25, -0.2) is 0 Å². The summed E-state index contributed by atoms with van der Waals surface area (Å²) in [5, 5.41) is 0. The average molecular weight is 258 g/mol. The zero-order chi connectivity index (χ0) is 13.0. The van der Waals surface area contributed by atoms with Crippen LogP contribution in [0.25, 0.3) is 0 Å². The maximum absolute atomic E-state index is 12.5. The number of nitrogens with zero attached hydrogens (tertiary/aromatic N) is 1. The van der Waals surface area contributed by atoms with E-state index in [1.807, 2.05) is 23.1 Å². The number of likely N-dealkylation sites (tertiary alicyclic amines) is 1. The van der Waals surface area contributed by atoms with Crippen LogP contribution < -0.4 is 5.73 Å². The van der Waals surface area contributed by atoms with Gasteiger partial charge >= 0.3 is 0 Å². The maximum Gasteiger partial charge on any atom is 0.253 e. The van der Waals surface area contributed by atoms with Crippen LogP contribution in [0.3, 0.4) is 0 Å². The highest BCUT2D eigenvalue weighted by Gasteiger charge is 2.53. The van der Waals surface area contributed by atoms with E-state index in [2.05, 4.69) is 0 Å². The fraction of sp³-hybridized carbons (Fsp3) is 0.533. The van der Waals surface area contributed by atoms with Crippen LogP contribution in [0.2, 0.25) is 0 Å². The van der Waals surface area contributed by atoms with Gasteiger partial charge in [-0.05, 0) is 31.0 Å². The van der Waals surface area contributed by atoms with Gasteiger partial charge in [-0.15, -0.1) is 0 Å². The van der Waals surface area contributed by atoms with E-state index in [1.165, 1.54) is 12.8 Å². The SMILES string of the molecule is Nc1cccc(C(=O)N2CC3C4CCC(O4)C3C2)c1. The van der Waals surface area contributed by atoms with Gasteiger partial charge in [0.15, 0.2) is 0 Å². The number of nitrogen functional groups attached to an aromatic ring is 1. The van der Waals surface area contributed by atoms with Crippen molar-refractivity contribution < 1.29 is 9.53 Å². The first-order valence-corrected chi connectivity index (χ1v) is 7.02. The standard InChI is InChI=1S/C15H18N2O2/c16-10-3-1-2-9(6-10)15(18)17-7-11-12(8-17)14-5-4-13(11)19-14/h1-3,6,11-14H,4-5,7-8,16H2. The molecule has 4 atom stereocenters. The largest absolute Gasteiger partial charge is 0.399 e. The summed E-state index contributed by atoms with van der Waals surface area (Å²) in [6, 6.07) is 7.26. The van der Waals surface area contributed by atoms with Crippen molar-refractivity contribution in [2.45, 2.75) is 25.0 Å². The third kappa shape index (κ3) is 1.66. The van der Waals surface area contributed by atoms with Crippen molar-refractivity contribution in [3.8, 4) is 0 Å². The molecule has 3 aliphatic heterocycles. The van der Waals surface area contributed by atoms with E-state index in [9.17, 15) is 4.79 Å². The Bertz CT molecular complexity index is 513. The van der Waals surface area contributed by atoms with Crippen molar-refractivity contribution in [3.63, 3.8) is 0 Å². The van der Waals surface area contributed by atoms with E-state index in [0.29, 0.717) is 35.3 Å². The van der Waals surface area contributed by atoms with E-state index in [4.69, 9.17) is 10.5 Å². The van der Waals surface area contributed by atoms with E-state index in [0.717, 1.165) is 13.1 Å². The Morgan fingerprint density at radius 2 is 1.89 bits per heavy atom. The lowest BCUT2D eigenvalue weighted by molar-refractivity contribution is 0.0594. The number of anilines is 1. The molecule has 1 aromatic carbocycles. The molecule has 3 heterocycles. The molecule has 0 saturated carbocycles. The Balaban J connectivity index is 1.54. The number of ether oxygens (including phenoxy) is 1. The monoisotopic (exact) mass is 258 g/mol. The first-order valence-electron chi connectivity index (χ1n) is 7.02. The molecule has 0 aromatic heterocycles. The molecule has 1 aromatic rings. The normalized spacial score (nSPS) is 35.7. The molecule has 4 unspecified atom stereocenters. The van der Waals surface area contributed by atoms with Gasteiger partial charge in [0, 0.05) is 36.2 Å². The van der Waals surface area contributed by atoms with Crippen LogP contribution in [-0.2, 0) is 4.74 Å². The minimum absolute atomic E-state index is 0.112. The third-order valence-corrected chi connectivity index (χ3v) is 4.87. The second-order valence-corrected chi connectivity index (χ2v) is 5.95. The Labute approximate surface area is 112 Å². The molecule has 4 heteroatoms. The quantitative estimate of drug-likeness (QED) is 0.777. The Hall–Kier alpha value is -1.55. The lowest BCUT2D eigenvalue weighted by Gasteiger charge is -2.19. The van der Waals surface area contributed by atoms with Gasteiger partial charge in [0.2, 0.25) is 0 Å². The van der Waals surface area contributed by atoms with Gasteiger partial charge in [-0.2, -0.15) is 0 Å². The molecule has 1 amide bonds. The molecule has 0 spiro atoms. The topological polar surface area (TPSA) is 55.6 Å². The van der Waals surface area contributed by atoms with E-state index < -0.39 is 0 Å². The Kier molecular flexibility index (Phi) is 2.36. The Morgan fingerprint density at radius 3 is 2.53 bits per heavy atom. The number of hydrogen-bond donors (Lipinski definition) is 1. The highest BCUT2D eigenvalue weighted by atomic mass is 16.5. The van der Waals surface area contributed by atoms with Gasteiger partial charge in [0.05, 0.1) is 12.2 Å². The molecule has 100 valence electrons. The minimum atomic E-state index is 0.112. The van der Waals surface area contributed by atoms with Gasteiger partial charge in [0.25, 0.3) is 5.91 Å². The first kappa shape index (κ1) is 11.3. The number of rotatable bonds is 1. The number of hydrogen-bond acceptors (Lipinski definition) is 3. The lowest BCUT2D eigenvalue weighted by atomic mass is 9.82. The summed E-state index contributed by atoms with van der Waals surface area (Å²) in [5.74, 6) is 1.23. The molecular weight excluding hydrogens is 240 g/mol. The van der Waals surface area contributed by atoms with Crippen LogP contribution in [0.4, 0.5) is 5.69 Å². The summed E-state index contributed by atoms with van der Waals surface area (Å²) >= 11 is 0. The van der Waals surface area contributed by atoms with E-state index in [-0.39, 0.29) is 5.91 Å². The predicted octanol–water partition coefficient (Wildman–Crippen LogP) is 1.52. The van der Waals surface area contributed by atoms with Gasteiger partial charge < -0.3 is 15.4 Å². The summed E-state index contributed by atoms with van der Waals surface area (Å²) in [6.45, 7) is 1.69. The summed E-state index contributed by atoms with van der Waals surface area (Å²) < 4.78 is 5.93. The van der Waals surface area contributed by atoms with Crippen LogP contribution in [0.15, 0.2) is 24.3 Å².